The zero-order chi connectivity index (χ0) is 19.1. The van der Waals surface area contributed by atoms with Crippen LogP contribution in [0.25, 0.3) is 10.8 Å². The van der Waals surface area contributed by atoms with Crippen LogP contribution in [0.2, 0.25) is 0 Å². The third-order valence-corrected chi connectivity index (χ3v) is 4.85. The van der Waals surface area contributed by atoms with Crippen LogP contribution in [0.4, 0.5) is 11.4 Å². The Kier molecular flexibility index (Phi) is 4.31. The second-order valence-electron chi connectivity index (χ2n) is 5.88. The summed E-state index contributed by atoms with van der Waals surface area (Å²) in [6.07, 6.45) is 0. The highest BCUT2D eigenvalue weighted by atomic mass is 32.2. The lowest BCUT2D eigenvalue weighted by Gasteiger charge is -2.11. The number of hydrogen-bond acceptors (Lipinski definition) is 5. The molecule has 0 unspecified atom stereocenters. The molecule has 3 aromatic rings. The third kappa shape index (κ3) is 3.46. The van der Waals surface area contributed by atoms with Crippen molar-refractivity contribution in [3.8, 4) is 5.75 Å². The maximum absolute atomic E-state index is 12.5. The zero-order valence-electron chi connectivity index (χ0n) is 13.7. The number of aromatic hydroxyl groups is 1. The van der Waals surface area contributed by atoms with Crippen molar-refractivity contribution >= 4 is 38.2 Å². The van der Waals surface area contributed by atoms with Crippen LogP contribution in [0.1, 0.15) is 15.9 Å². The molecule has 26 heavy (non-hydrogen) atoms. The lowest BCUT2D eigenvalue weighted by molar-refractivity contribution is 0.102. The molecule has 8 heteroatoms. The number of phenolic OH excluding ortho intramolecular Hbond substituents is 1. The molecule has 0 bridgehead atoms. The summed E-state index contributed by atoms with van der Waals surface area (Å²) in [5.74, 6) is -0.592. The van der Waals surface area contributed by atoms with Crippen LogP contribution in [0.3, 0.4) is 0 Å². The predicted octanol–water partition coefficient (Wildman–Crippen LogP) is 2.94. The number of fused-ring (bicyclic) bond motifs is 1. The van der Waals surface area contributed by atoms with Crippen LogP contribution in [0.15, 0.2) is 53.4 Å². The summed E-state index contributed by atoms with van der Waals surface area (Å²) >= 11 is 0. The van der Waals surface area contributed by atoms with E-state index in [4.69, 9.17) is 10.3 Å². The van der Waals surface area contributed by atoms with E-state index < -0.39 is 16.0 Å². The largest absolute Gasteiger partial charge is 0.508 e. The highest BCUT2D eigenvalue weighted by molar-refractivity contribution is 7.85. The number of benzene rings is 3. The first-order chi connectivity index (χ1) is 12.1. The second kappa shape index (κ2) is 6.32. The molecule has 5 N–H and O–H groups in total. The van der Waals surface area contributed by atoms with E-state index in [1.165, 1.54) is 30.3 Å². The zero-order valence-corrected chi connectivity index (χ0v) is 14.5. The van der Waals surface area contributed by atoms with E-state index in [1.54, 1.807) is 18.2 Å². The van der Waals surface area contributed by atoms with Crippen molar-refractivity contribution in [2.75, 3.05) is 11.1 Å². The van der Waals surface area contributed by atoms with E-state index >= 15 is 0 Å². The average molecular weight is 372 g/mol. The van der Waals surface area contributed by atoms with Gasteiger partial charge in [-0.2, -0.15) is 8.42 Å². The maximum Gasteiger partial charge on any atom is 0.294 e. The van der Waals surface area contributed by atoms with Crippen molar-refractivity contribution in [2.45, 2.75) is 11.8 Å². The Labute approximate surface area is 149 Å². The molecule has 1 amide bonds. The molecule has 0 saturated heterocycles. The molecule has 0 aliphatic rings. The van der Waals surface area contributed by atoms with E-state index in [2.05, 4.69) is 5.32 Å². The van der Waals surface area contributed by atoms with Crippen molar-refractivity contribution in [1.29, 1.82) is 0 Å². The van der Waals surface area contributed by atoms with Crippen molar-refractivity contribution in [1.82, 2.24) is 0 Å². The molecule has 7 nitrogen and oxygen atoms in total. The van der Waals surface area contributed by atoms with E-state index in [-0.39, 0.29) is 10.6 Å². The summed E-state index contributed by atoms with van der Waals surface area (Å²) in [6.45, 7) is 1.83. The standard InChI is InChI=1S/C18H16N2O5S/c1-10-2-3-11(8-16(10)19)18(22)20-17-9-13(21)6-12-7-14(26(23,24)25)4-5-15(12)17/h2-9,21H,19H2,1H3,(H,20,22)(H,23,24,25). The van der Waals surface area contributed by atoms with Gasteiger partial charge in [-0.1, -0.05) is 12.1 Å². The van der Waals surface area contributed by atoms with Crippen LogP contribution in [-0.4, -0.2) is 24.0 Å². The molecule has 0 aromatic heterocycles. The summed E-state index contributed by atoms with van der Waals surface area (Å²) in [6, 6.07) is 11.5. The molecule has 3 rings (SSSR count). The monoisotopic (exact) mass is 372 g/mol. The number of carbonyl (C=O) groups excluding carboxylic acids is 1. The third-order valence-electron chi connectivity index (χ3n) is 4.00. The number of amides is 1. The number of anilines is 2. The number of phenols is 1. The second-order valence-corrected chi connectivity index (χ2v) is 7.30. The van der Waals surface area contributed by atoms with Crippen molar-refractivity contribution in [3.63, 3.8) is 0 Å². The smallest absolute Gasteiger partial charge is 0.294 e. The van der Waals surface area contributed by atoms with Crippen molar-refractivity contribution in [2.24, 2.45) is 0 Å². The molecular formula is C18H16N2O5S. The summed E-state index contributed by atoms with van der Waals surface area (Å²) in [5, 5.41) is 13.4. The van der Waals surface area contributed by atoms with E-state index in [0.29, 0.717) is 27.7 Å². The number of nitrogen functional groups attached to an aromatic ring is 1. The number of rotatable bonds is 3. The van der Waals surface area contributed by atoms with Gasteiger partial charge in [0.1, 0.15) is 5.75 Å². The summed E-state index contributed by atoms with van der Waals surface area (Å²) < 4.78 is 31.7. The lowest BCUT2D eigenvalue weighted by Crippen LogP contribution is -2.12. The Morgan fingerprint density at radius 1 is 1.08 bits per heavy atom. The Morgan fingerprint density at radius 2 is 1.81 bits per heavy atom. The van der Waals surface area contributed by atoms with Gasteiger partial charge in [-0.3, -0.25) is 9.35 Å². The molecular weight excluding hydrogens is 356 g/mol. The van der Waals surface area contributed by atoms with Gasteiger partial charge in [-0.05, 0) is 48.2 Å². The fourth-order valence-electron chi connectivity index (χ4n) is 2.57. The first kappa shape index (κ1) is 17.7. The van der Waals surface area contributed by atoms with Crippen LogP contribution < -0.4 is 11.1 Å². The number of nitrogens with two attached hydrogens (primary N) is 1. The number of nitrogens with one attached hydrogen (secondary N) is 1. The minimum Gasteiger partial charge on any atom is -0.508 e. The molecule has 0 saturated carbocycles. The first-order valence-corrected chi connectivity index (χ1v) is 9.01. The first-order valence-electron chi connectivity index (χ1n) is 7.57. The highest BCUT2D eigenvalue weighted by Gasteiger charge is 2.14. The van der Waals surface area contributed by atoms with E-state index in [9.17, 15) is 18.3 Å². The number of aryl methyl sites for hydroxylation is 1. The fourth-order valence-corrected chi connectivity index (χ4v) is 3.09. The van der Waals surface area contributed by atoms with Gasteiger partial charge in [0.2, 0.25) is 0 Å². The van der Waals surface area contributed by atoms with E-state index in [0.717, 1.165) is 5.56 Å². The molecule has 0 heterocycles. The van der Waals surface area contributed by atoms with Gasteiger partial charge < -0.3 is 16.2 Å². The van der Waals surface area contributed by atoms with Crippen LogP contribution in [-0.2, 0) is 10.1 Å². The van der Waals surface area contributed by atoms with Crippen LogP contribution >= 0.6 is 0 Å². The summed E-state index contributed by atoms with van der Waals surface area (Å²) in [4.78, 5) is 12.2. The minimum absolute atomic E-state index is 0.163. The topological polar surface area (TPSA) is 130 Å². The normalized spacial score (nSPS) is 11.5. The van der Waals surface area contributed by atoms with Crippen LogP contribution in [0.5, 0.6) is 5.75 Å². The summed E-state index contributed by atoms with van der Waals surface area (Å²) in [7, 11) is -4.38. The number of carbonyl (C=O) groups is 1. The van der Waals surface area contributed by atoms with Gasteiger partial charge >= 0.3 is 0 Å². The van der Waals surface area contributed by atoms with Gasteiger partial charge in [-0.15, -0.1) is 0 Å². The molecule has 0 aliphatic heterocycles. The fraction of sp³-hybridized carbons (Fsp3) is 0.0556. The molecule has 3 aromatic carbocycles. The van der Waals surface area contributed by atoms with Crippen molar-refractivity contribution in [3.05, 3.63) is 59.7 Å². The minimum atomic E-state index is -4.38. The quantitative estimate of drug-likeness (QED) is 0.413. The molecule has 0 spiro atoms. The van der Waals surface area contributed by atoms with Crippen molar-refractivity contribution < 1.29 is 22.9 Å². The highest BCUT2D eigenvalue weighted by Crippen LogP contribution is 2.31. The Hall–Kier alpha value is -3.10. The molecule has 0 radical (unpaired) electrons. The van der Waals surface area contributed by atoms with Gasteiger partial charge in [0.25, 0.3) is 16.0 Å². The SMILES string of the molecule is Cc1ccc(C(=O)Nc2cc(O)cc3cc(S(=O)(=O)O)ccc23)cc1N. The predicted molar refractivity (Wildman–Crippen MR) is 99.0 cm³/mol. The van der Waals surface area contributed by atoms with Gasteiger partial charge in [0.15, 0.2) is 0 Å². The maximum atomic E-state index is 12.5. The molecule has 0 atom stereocenters. The van der Waals surface area contributed by atoms with Gasteiger partial charge in [0, 0.05) is 22.7 Å². The Balaban J connectivity index is 2.04. The molecule has 0 aliphatic carbocycles. The lowest BCUT2D eigenvalue weighted by atomic mass is 10.1. The number of hydrogen-bond donors (Lipinski definition) is 4. The van der Waals surface area contributed by atoms with Crippen LogP contribution in [0, 0.1) is 6.92 Å². The average Bonchev–Trinajstić information content (AvgIpc) is 2.55. The van der Waals surface area contributed by atoms with Gasteiger partial charge in [-0.25, -0.2) is 0 Å². The molecule has 0 fully saturated rings. The summed E-state index contributed by atoms with van der Waals surface area (Å²) in [5.41, 5.74) is 7.80. The van der Waals surface area contributed by atoms with Gasteiger partial charge in [0.05, 0.1) is 10.6 Å². The molecule has 134 valence electrons. The Bertz CT molecular complexity index is 1140. The Morgan fingerprint density at radius 3 is 2.46 bits per heavy atom. The van der Waals surface area contributed by atoms with E-state index in [1.807, 2.05) is 6.92 Å².